The van der Waals surface area contributed by atoms with Crippen LogP contribution >= 0.6 is 0 Å². The van der Waals surface area contributed by atoms with Crippen LogP contribution in [-0.2, 0) is 14.4 Å². The minimum atomic E-state index is -0.241. The number of carbonyl (C=O) groups excluding carboxylic acids is 3. The van der Waals surface area contributed by atoms with Crippen LogP contribution in [-0.4, -0.2) is 58.7 Å². The van der Waals surface area contributed by atoms with Crippen LogP contribution in [0.1, 0.15) is 31.4 Å². The van der Waals surface area contributed by atoms with Crippen molar-refractivity contribution in [1.82, 2.24) is 14.8 Å². The number of hydrogen-bond donors (Lipinski definition) is 0. The minimum absolute atomic E-state index is 0.116. The molecule has 3 heterocycles. The van der Waals surface area contributed by atoms with E-state index in [0.29, 0.717) is 25.6 Å². The van der Waals surface area contributed by atoms with Crippen LogP contribution < -0.4 is 4.74 Å². The maximum absolute atomic E-state index is 12.3. The molecule has 0 radical (unpaired) electrons. The summed E-state index contributed by atoms with van der Waals surface area (Å²) in [4.78, 5) is 42.5. The molecule has 2 aliphatic rings. The van der Waals surface area contributed by atoms with Crippen LogP contribution in [0.3, 0.4) is 0 Å². The number of imide groups is 1. The lowest BCUT2D eigenvalue weighted by atomic mass is 9.98. The number of ether oxygens (including phenoxy) is 1. The highest BCUT2D eigenvalue weighted by Crippen LogP contribution is 2.20. The molecule has 0 N–H and O–H groups in total. The second kappa shape index (κ2) is 7.63. The normalized spacial score (nSPS) is 18.8. The van der Waals surface area contributed by atoms with Gasteiger partial charge >= 0.3 is 0 Å². The number of pyridine rings is 1. The number of carbonyl (C=O) groups is 3. The summed E-state index contributed by atoms with van der Waals surface area (Å²) in [5, 5.41) is 0. The molecule has 3 amide bonds. The molecule has 7 nitrogen and oxygen atoms in total. The van der Waals surface area contributed by atoms with Gasteiger partial charge in [0.1, 0.15) is 12.3 Å². The molecule has 3 rings (SSSR count). The fourth-order valence-electron chi connectivity index (χ4n) is 3.21. The first-order chi connectivity index (χ1) is 12.0. The number of likely N-dealkylation sites (tertiary alicyclic amines) is 2. The molecule has 2 saturated heterocycles. The maximum Gasteiger partial charge on any atom is 0.242 e. The Morgan fingerprint density at radius 3 is 2.56 bits per heavy atom. The van der Waals surface area contributed by atoms with E-state index in [1.165, 1.54) is 0 Å². The molecular formula is C18H23N3O4. The highest BCUT2D eigenvalue weighted by atomic mass is 16.5. The zero-order valence-corrected chi connectivity index (χ0v) is 14.4. The summed E-state index contributed by atoms with van der Waals surface area (Å²) in [6.45, 7) is 3.70. The Morgan fingerprint density at radius 2 is 1.92 bits per heavy atom. The molecule has 0 saturated carbocycles. The predicted octanol–water partition coefficient (Wildman–Crippen LogP) is 1.16. The van der Waals surface area contributed by atoms with Crippen molar-refractivity contribution in [2.75, 3.05) is 26.2 Å². The summed E-state index contributed by atoms with van der Waals surface area (Å²) >= 11 is 0. The van der Waals surface area contributed by atoms with Gasteiger partial charge in [-0.1, -0.05) is 0 Å². The number of rotatable bonds is 5. The molecule has 25 heavy (non-hydrogen) atoms. The Morgan fingerprint density at radius 1 is 1.24 bits per heavy atom. The smallest absolute Gasteiger partial charge is 0.242 e. The van der Waals surface area contributed by atoms with Gasteiger partial charge in [0.05, 0.1) is 6.61 Å². The molecule has 134 valence electrons. The summed E-state index contributed by atoms with van der Waals surface area (Å²) in [7, 11) is 0. The fraction of sp³-hybridized carbons (Fsp3) is 0.556. The first-order valence-corrected chi connectivity index (χ1v) is 8.69. The zero-order chi connectivity index (χ0) is 17.8. The van der Waals surface area contributed by atoms with Crippen molar-refractivity contribution in [3.05, 3.63) is 24.0 Å². The molecule has 7 heteroatoms. The Kier molecular flexibility index (Phi) is 5.31. The molecule has 1 aromatic rings. The average Bonchev–Trinajstić information content (AvgIpc) is 2.92. The van der Waals surface area contributed by atoms with E-state index < -0.39 is 0 Å². The van der Waals surface area contributed by atoms with E-state index in [9.17, 15) is 14.4 Å². The highest BCUT2D eigenvalue weighted by Gasteiger charge is 2.32. The van der Waals surface area contributed by atoms with Gasteiger partial charge in [-0.2, -0.15) is 0 Å². The van der Waals surface area contributed by atoms with E-state index in [4.69, 9.17) is 4.74 Å². The second-order valence-electron chi connectivity index (χ2n) is 6.64. The number of nitrogens with zero attached hydrogens (tertiary/aromatic N) is 3. The second-order valence-corrected chi connectivity index (χ2v) is 6.64. The van der Waals surface area contributed by atoms with Crippen LogP contribution in [0.25, 0.3) is 0 Å². The van der Waals surface area contributed by atoms with Crippen molar-refractivity contribution in [2.45, 2.75) is 32.6 Å². The van der Waals surface area contributed by atoms with Gasteiger partial charge in [-0.25, -0.2) is 0 Å². The van der Waals surface area contributed by atoms with Crippen LogP contribution in [0, 0.1) is 12.8 Å². The summed E-state index contributed by atoms with van der Waals surface area (Å²) < 4.78 is 5.82. The predicted molar refractivity (Wildman–Crippen MR) is 89.7 cm³/mol. The van der Waals surface area contributed by atoms with Gasteiger partial charge in [0.2, 0.25) is 17.7 Å². The van der Waals surface area contributed by atoms with Crippen molar-refractivity contribution >= 4 is 17.7 Å². The zero-order valence-electron chi connectivity index (χ0n) is 14.4. The number of amides is 3. The van der Waals surface area contributed by atoms with Crippen molar-refractivity contribution in [3.63, 3.8) is 0 Å². The third-order valence-electron chi connectivity index (χ3n) is 4.77. The van der Waals surface area contributed by atoms with E-state index in [1.54, 1.807) is 11.1 Å². The first-order valence-electron chi connectivity index (χ1n) is 8.69. The van der Waals surface area contributed by atoms with Crippen molar-refractivity contribution in [1.29, 1.82) is 0 Å². The molecule has 0 spiro atoms. The Bertz CT molecular complexity index is 652. The summed E-state index contributed by atoms with van der Waals surface area (Å²) in [5.74, 6) is 0.584. The number of hydrogen-bond acceptors (Lipinski definition) is 5. The van der Waals surface area contributed by atoms with E-state index in [2.05, 4.69) is 4.98 Å². The lowest BCUT2D eigenvalue weighted by Crippen LogP contribution is -2.46. The van der Waals surface area contributed by atoms with E-state index in [-0.39, 0.29) is 37.1 Å². The first kappa shape index (κ1) is 17.4. The molecule has 0 bridgehead atoms. The SMILES string of the molecule is Cc1cc(OCC2CCN(C(=O)CN3C(=O)CCC3=O)CC2)ccn1. The number of aromatic nitrogens is 1. The molecule has 0 aromatic carbocycles. The largest absolute Gasteiger partial charge is 0.493 e. The van der Waals surface area contributed by atoms with Crippen LogP contribution in [0.4, 0.5) is 0 Å². The van der Waals surface area contributed by atoms with Gasteiger partial charge in [-0.15, -0.1) is 0 Å². The minimum Gasteiger partial charge on any atom is -0.493 e. The molecular weight excluding hydrogens is 322 g/mol. The van der Waals surface area contributed by atoms with Gasteiger partial charge in [0.25, 0.3) is 0 Å². The summed E-state index contributed by atoms with van der Waals surface area (Å²) in [6.07, 6.45) is 3.89. The van der Waals surface area contributed by atoms with Crippen LogP contribution in [0.5, 0.6) is 5.75 Å². The third kappa shape index (κ3) is 4.35. The molecule has 1 aromatic heterocycles. The van der Waals surface area contributed by atoms with Crippen LogP contribution in [0.2, 0.25) is 0 Å². The Balaban J connectivity index is 1.43. The monoisotopic (exact) mass is 345 g/mol. The lowest BCUT2D eigenvalue weighted by Gasteiger charge is -2.32. The summed E-state index contributed by atoms with van der Waals surface area (Å²) in [6, 6.07) is 3.75. The molecule has 0 atom stereocenters. The highest BCUT2D eigenvalue weighted by molar-refractivity contribution is 6.04. The topological polar surface area (TPSA) is 79.8 Å². The molecule has 2 fully saturated rings. The standard InChI is InChI=1S/C18H23N3O4/c1-13-10-15(4-7-19-13)25-12-14-5-8-20(9-6-14)18(24)11-21-16(22)2-3-17(21)23/h4,7,10,14H,2-3,5-6,8-9,11-12H2,1H3. The fourth-order valence-corrected chi connectivity index (χ4v) is 3.21. The van der Waals surface area contributed by atoms with Crippen molar-refractivity contribution < 1.29 is 19.1 Å². The van der Waals surface area contributed by atoms with Gasteiger partial charge in [-0.3, -0.25) is 24.3 Å². The molecule has 0 unspecified atom stereocenters. The van der Waals surface area contributed by atoms with Gasteiger partial charge < -0.3 is 9.64 Å². The van der Waals surface area contributed by atoms with E-state index >= 15 is 0 Å². The Labute approximate surface area is 147 Å². The number of piperidine rings is 1. The van der Waals surface area contributed by atoms with E-state index in [0.717, 1.165) is 29.2 Å². The summed E-state index contributed by atoms with van der Waals surface area (Å²) in [5.41, 5.74) is 0.920. The van der Waals surface area contributed by atoms with Gasteiger partial charge in [-0.05, 0) is 31.7 Å². The van der Waals surface area contributed by atoms with Gasteiger partial charge in [0, 0.05) is 43.9 Å². The third-order valence-corrected chi connectivity index (χ3v) is 4.77. The molecule has 2 aliphatic heterocycles. The quantitative estimate of drug-likeness (QED) is 0.748. The lowest BCUT2D eigenvalue weighted by molar-refractivity contribution is -0.146. The molecule has 0 aliphatic carbocycles. The van der Waals surface area contributed by atoms with Crippen molar-refractivity contribution in [3.8, 4) is 5.75 Å². The maximum atomic E-state index is 12.3. The average molecular weight is 345 g/mol. The van der Waals surface area contributed by atoms with Crippen molar-refractivity contribution in [2.24, 2.45) is 5.92 Å². The number of aryl methyl sites for hydroxylation is 1. The van der Waals surface area contributed by atoms with Gasteiger partial charge in [0.15, 0.2) is 0 Å². The Hall–Kier alpha value is -2.44. The van der Waals surface area contributed by atoms with Crippen LogP contribution in [0.15, 0.2) is 18.3 Å². The van der Waals surface area contributed by atoms with E-state index in [1.807, 2.05) is 19.1 Å².